The molecule has 0 heterocycles. The molecular weight excluding hydrogens is 134 g/mol. The fraction of sp³-hybridized carbons (Fsp3) is 1.00. The Hall–Kier alpha value is -0.0400. The van der Waals surface area contributed by atoms with Crippen LogP contribution in [0.3, 0.4) is 0 Å². The normalized spacial score (nSPS) is 13.4. The minimum atomic E-state index is 0.719. The summed E-state index contributed by atoms with van der Waals surface area (Å²) in [5.74, 6) is 0. The Morgan fingerprint density at radius 1 is 1.09 bits per heavy atom. The highest BCUT2D eigenvalue weighted by molar-refractivity contribution is 4.58. The Labute approximate surface area is 71.6 Å². The molecule has 0 unspecified atom stereocenters. The van der Waals surface area contributed by atoms with Gasteiger partial charge in [-0.3, -0.25) is 0 Å². The van der Waals surface area contributed by atoms with E-state index >= 15 is 0 Å². The Morgan fingerprint density at radius 2 is 1.82 bits per heavy atom. The number of unbranched alkanes of at least 4 members (excludes halogenated alkanes) is 2. The SMILES string of the molecule is CCCCCN[C@@H](C)CCC. The fourth-order valence-corrected chi connectivity index (χ4v) is 1.26. The van der Waals surface area contributed by atoms with Crippen molar-refractivity contribution in [1.82, 2.24) is 5.32 Å². The van der Waals surface area contributed by atoms with Crippen molar-refractivity contribution in [2.45, 2.75) is 58.9 Å². The van der Waals surface area contributed by atoms with E-state index in [4.69, 9.17) is 0 Å². The third kappa shape index (κ3) is 7.86. The first kappa shape index (κ1) is 11.0. The van der Waals surface area contributed by atoms with Gasteiger partial charge in [0, 0.05) is 6.04 Å². The molecule has 11 heavy (non-hydrogen) atoms. The van der Waals surface area contributed by atoms with Gasteiger partial charge in [-0.05, 0) is 26.3 Å². The van der Waals surface area contributed by atoms with Crippen molar-refractivity contribution in [3.8, 4) is 0 Å². The van der Waals surface area contributed by atoms with Crippen molar-refractivity contribution in [1.29, 1.82) is 0 Å². The van der Waals surface area contributed by atoms with Crippen LogP contribution in [0, 0.1) is 0 Å². The van der Waals surface area contributed by atoms with Crippen LogP contribution in [0.4, 0.5) is 0 Å². The van der Waals surface area contributed by atoms with Gasteiger partial charge in [0.15, 0.2) is 0 Å². The lowest BCUT2D eigenvalue weighted by molar-refractivity contribution is 0.494. The molecule has 0 aliphatic carbocycles. The molecule has 0 aromatic rings. The molecule has 0 saturated carbocycles. The fourth-order valence-electron chi connectivity index (χ4n) is 1.26. The predicted molar refractivity (Wildman–Crippen MR) is 51.9 cm³/mol. The summed E-state index contributed by atoms with van der Waals surface area (Å²) in [7, 11) is 0. The van der Waals surface area contributed by atoms with Gasteiger partial charge in [0.1, 0.15) is 0 Å². The standard InChI is InChI=1S/C10H23N/c1-4-6-7-9-11-10(3)8-5-2/h10-11H,4-9H2,1-3H3/t10-/m0/s1. The Bertz CT molecular complexity index is 71.3. The highest BCUT2D eigenvalue weighted by Crippen LogP contribution is 1.96. The van der Waals surface area contributed by atoms with Gasteiger partial charge in [-0.25, -0.2) is 0 Å². The molecule has 1 heteroatoms. The van der Waals surface area contributed by atoms with E-state index in [1.54, 1.807) is 0 Å². The average Bonchev–Trinajstić information content (AvgIpc) is 1.99. The van der Waals surface area contributed by atoms with Crippen LogP contribution in [0.15, 0.2) is 0 Å². The Balaban J connectivity index is 2.97. The number of rotatable bonds is 7. The number of hydrogen-bond donors (Lipinski definition) is 1. The zero-order valence-electron chi connectivity index (χ0n) is 8.32. The van der Waals surface area contributed by atoms with Crippen molar-refractivity contribution in [3.63, 3.8) is 0 Å². The zero-order valence-corrected chi connectivity index (χ0v) is 8.32. The lowest BCUT2D eigenvalue weighted by Crippen LogP contribution is -2.26. The third-order valence-electron chi connectivity index (χ3n) is 1.99. The van der Waals surface area contributed by atoms with E-state index < -0.39 is 0 Å². The second-order valence-corrected chi connectivity index (χ2v) is 3.35. The van der Waals surface area contributed by atoms with Gasteiger partial charge in [0.2, 0.25) is 0 Å². The molecule has 0 aromatic carbocycles. The summed E-state index contributed by atoms with van der Waals surface area (Å²) >= 11 is 0. The van der Waals surface area contributed by atoms with E-state index in [0.29, 0.717) is 0 Å². The number of hydrogen-bond acceptors (Lipinski definition) is 1. The van der Waals surface area contributed by atoms with Crippen molar-refractivity contribution in [3.05, 3.63) is 0 Å². The van der Waals surface area contributed by atoms with E-state index in [9.17, 15) is 0 Å². The molecule has 0 bridgehead atoms. The summed E-state index contributed by atoms with van der Waals surface area (Å²) in [6, 6.07) is 0.719. The van der Waals surface area contributed by atoms with Crippen LogP contribution in [0.5, 0.6) is 0 Å². The summed E-state index contributed by atoms with van der Waals surface area (Å²) in [4.78, 5) is 0. The molecule has 68 valence electrons. The van der Waals surface area contributed by atoms with Crippen molar-refractivity contribution < 1.29 is 0 Å². The second-order valence-electron chi connectivity index (χ2n) is 3.35. The molecule has 0 aromatic heterocycles. The molecule has 1 nitrogen and oxygen atoms in total. The molecular formula is C10H23N. The molecule has 1 N–H and O–H groups in total. The van der Waals surface area contributed by atoms with Crippen molar-refractivity contribution in [2.75, 3.05) is 6.54 Å². The maximum atomic E-state index is 3.52. The third-order valence-corrected chi connectivity index (χ3v) is 1.99. The zero-order chi connectivity index (χ0) is 8.53. The van der Waals surface area contributed by atoms with Gasteiger partial charge in [0.05, 0.1) is 0 Å². The van der Waals surface area contributed by atoms with E-state index in [0.717, 1.165) is 6.04 Å². The average molecular weight is 157 g/mol. The smallest absolute Gasteiger partial charge is 0.00386 e. The van der Waals surface area contributed by atoms with Gasteiger partial charge in [-0.1, -0.05) is 33.1 Å². The molecule has 0 amide bonds. The minimum absolute atomic E-state index is 0.719. The van der Waals surface area contributed by atoms with Gasteiger partial charge < -0.3 is 5.32 Å². The van der Waals surface area contributed by atoms with Gasteiger partial charge in [-0.2, -0.15) is 0 Å². The summed E-state index contributed by atoms with van der Waals surface area (Å²) in [6.07, 6.45) is 6.63. The molecule has 0 rings (SSSR count). The van der Waals surface area contributed by atoms with E-state index in [2.05, 4.69) is 26.1 Å². The second kappa shape index (κ2) is 8.06. The van der Waals surface area contributed by atoms with Gasteiger partial charge in [-0.15, -0.1) is 0 Å². The van der Waals surface area contributed by atoms with Crippen LogP contribution in [0.25, 0.3) is 0 Å². The molecule has 0 fully saturated rings. The monoisotopic (exact) mass is 157 g/mol. The lowest BCUT2D eigenvalue weighted by atomic mass is 10.2. The highest BCUT2D eigenvalue weighted by atomic mass is 14.9. The Morgan fingerprint density at radius 3 is 2.36 bits per heavy atom. The van der Waals surface area contributed by atoms with Crippen molar-refractivity contribution >= 4 is 0 Å². The molecule has 0 aliphatic heterocycles. The minimum Gasteiger partial charge on any atom is -0.314 e. The van der Waals surface area contributed by atoms with Gasteiger partial charge >= 0.3 is 0 Å². The van der Waals surface area contributed by atoms with Crippen molar-refractivity contribution in [2.24, 2.45) is 0 Å². The van der Waals surface area contributed by atoms with E-state index in [-0.39, 0.29) is 0 Å². The van der Waals surface area contributed by atoms with Crippen LogP contribution >= 0.6 is 0 Å². The first-order valence-electron chi connectivity index (χ1n) is 5.04. The topological polar surface area (TPSA) is 12.0 Å². The molecule has 1 atom stereocenters. The quantitative estimate of drug-likeness (QED) is 0.560. The summed E-state index contributed by atoms with van der Waals surface area (Å²) in [6.45, 7) is 7.96. The van der Waals surface area contributed by atoms with E-state index in [1.165, 1.54) is 38.6 Å². The number of nitrogens with one attached hydrogen (secondary N) is 1. The molecule has 0 radical (unpaired) electrons. The van der Waals surface area contributed by atoms with Crippen LogP contribution in [-0.2, 0) is 0 Å². The first-order valence-corrected chi connectivity index (χ1v) is 5.04. The summed E-state index contributed by atoms with van der Waals surface area (Å²) < 4.78 is 0. The molecule has 0 aliphatic rings. The predicted octanol–water partition coefficient (Wildman–Crippen LogP) is 2.95. The Kier molecular flexibility index (Phi) is 8.03. The molecule has 0 spiro atoms. The van der Waals surface area contributed by atoms with E-state index in [1.807, 2.05) is 0 Å². The largest absolute Gasteiger partial charge is 0.314 e. The maximum Gasteiger partial charge on any atom is 0.00386 e. The lowest BCUT2D eigenvalue weighted by Gasteiger charge is -2.11. The molecule has 0 saturated heterocycles. The summed E-state index contributed by atoms with van der Waals surface area (Å²) in [5, 5.41) is 3.52. The van der Waals surface area contributed by atoms with Crippen LogP contribution in [0.2, 0.25) is 0 Å². The summed E-state index contributed by atoms with van der Waals surface area (Å²) in [5.41, 5.74) is 0. The van der Waals surface area contributed by atoms with Crippen LogP contribution in [0.1, 0.15) is 52.9 Å². The van der Waals surface area contributed by atoms with Crippen LogP contribution in [-0.4, -0.2) is 12.6 Å². The van der Waals surface area contributed by atoms with Crippen LogP contribution < -0.4 is 5.32 Å². The van der Waals surface area contributed by atoms with Gasteiger partial charge in [0.25, 0.3) is 0 Å². The maximum absolute atomic E-state index is 3.52. The highest BCUT2D eigenvalue weighted by Gasteiger charge is 1.96. The first-order chi connectivity index (χ1) is 5.31.